The minimum atomic E-state index is -0.152. The van der Waals surface area contributed by atoms with Crippen molar-refractivity contribution < 1.29 is 9.53 Å². The van der Waals surface area contributed by atoms with Crippen LogP contribution in [0.25, 0.3) is 0 Å². The summed E-state index contributed by atoms with van der Waals surface area (Å²) in [6.07, 6.45) is 0. The second-order valence-electron chi connectivity index (χ2n) is 6.39. The van der Waals surface area contributed by atoms with Gasteiger partial charge >= 0.3 is 0 Å². The van der Waals surface area contributed by atoms with Crippen LogP contribution in [0.1, 0.15) is 50.7 Å². The lowest BCUT2D eigenvalue weighted by atomic mass is 9.92. The van der Waals surface area contributed by atoms with E-state index in [-0.39, 0.29) is 12.5 Å². The van der Waals surface area contributed by atoms with E-state index >= 15 is 0 Å². The summed E-state index contributed by atoms with van der Waals surface area (Å²) in [5.74, 6) is 1.18. The van der Waals surface area contributed by atoms with E-state index < -0.39 is 0 Å². The summed E-state index contributed by atoms with van der Waals surface area (Å²) >= 11 is 3.42. The molecule has 0 spiro atoms. The van der Waals surface area contributed by atoms with Gasteiger partial charge in [-0.25, -0.2) is 0 Å². The van der Waals surface area contributed by atoms with Gasteiger partial charge in [0, 0.05) is 5.69 Å². The van der Waals surface area contributed by atoms with Gasteiger partial charge in [-0.05, 0) is 51.0 Å². The van der Waals surface area contributed by atoms with Crippen molar-refractivity contribution in [2.75, 3.05) is 11.9 Å². The number of carbonyl (C=O) groups is 1. The van der Waals surface area contributed by atoms with Crippen molar-refractivity contribution in [1.82, 2.24) is 0 Å². The van der Waals surface area contributed by atoms with Gasteiger partial charge in [-0.1, -0.05) is 58.0 Å². The number of para-hydroxylation sites is 2. The summed E-state index contributed by atoms with van der Waals surface area (Å²) in [6, 6.07) is 13.7. The van der Waals surface area contributed by atoms with Gasteiger partial charge in [0.15, 0.2) is 6.61 Å². The van der Waals surface area contributed by atoms with E-state index in [9.17, 15) is 4.79 Å². The molecule has 0 radical (unpaired) electrons. The Labute approximate surface area is 152 Å². The fraction of sp³-hybridized carbons (Fsp3) is 0.350. The molecule has 2 aromatic carbocycles. The number of anilines is 1. The number of rotatable bonds is 6. The van der Waals surface area contributed by atoms with E-state index in [1.165, 1.54) is 0 Å². The molecule has 0 fully saturated rings. The molecule has 0 saturated heterocycles. The summed E-state index contributed by atoms with van der Waals surface area (Å²) in [5, 5.41) is 3.05. The monoisotopic (exact) mass is 389 g/mol. The molecular weight excluding hydrogens is 366 g/mol. The van der Waals surface area contributed by atoms with Gasteiger partial charge in [-0.15, -0.1) is 0 Å². The Balaban J connectivity index is 2.15. The topological polar surface area (TPSA) is 38.3 Å². The number of hydrogen-bond acceptors (Lipinski definition) is 2. The molecule has 2 rings (SSSR count). The first-order valence-corrected chi connectivity index (χ1v) is 8.99. The highest BCUT2D eigenvalue weighted by atomic mass is 79.9. The Kier molecular flexibility index (Phi) is 6.44. The van der Waals surface area contributed by atoms with Crippen molar-refractivity contribution in [2.45, 2.75) is 39.5 Å². The number of benzene rings is 2. The molecule has 4 heteroatoms. The molecule has 0 atom stereocenters. The van der Waals surface area contributed by atoms with E-state index in [0.29, 0.717) is 17.6 Å². The maximum Gasteiger partial charge on any atom is 0.262 e. The van der Waals surface area contributed by atoms with Crippen LogP contribution in [0.2, 0.25) is 0 Å². The second kappa shape index (κ2) is 8.34. The highest BCUT2D eigenvalue weighted by Gasteiger charge is 2.16. The molecule has 0 aliphatic heterocycles. The smallest absolute Gasteiger partial charge is 0.262 e. The van der Waals surface area contributed by atoms with Gasteiger partial charge in [0.2, 0.25) is 0 Å². The van der Waals surface area contributed by atoms with E-state index in [4.69, 9.17) is 4.74 Å². The molecule has 0 aromatic heterocycles. The van der Waals surface area contributed by atoms with Crippen LogP contribution < -0.4 is 10.1 Å². The molecule has 24 heavy (non-hydrogen) atoms. The fourth-order valence-electron chi connectivity index (χ4n) is 2.58. The lowest BCUT2D eigenvalue weighted by Crippen LogP contribution is -2.22. The predicted molar refractivity (Wildman–Crippen MR) is 103 cm³/mol. The maximum atomic E-state index is 12.4. The molecule has 0 unspecified atom stereocenters. The summed E-state index contributed by atoms with van der Waals surface area (Å²) in [4.78, 5) is 12.4. The highest BCUT2D eigenvalue weighted by molar-refractivity contribution is 9.10. The quantitative estimate of drug-likeness (QED) is 0.686. The number of nitrogens with one attached hydrogen (secondary N) is 1. The molecule has 0 bridgehead atoms. The fourth-order valence-corrected chi connectivity index (χ4v) is 2.98. The lowest BCUT2D eigenvalue weighted by Gasteiger charge is -2.20. The molecule has 0 saturated carbocycles. The first-order valence-electron chi connectivity index (χ1n) is 8.20. The van der Waals surface area contributed by atoms with Crippen molar-refractivity contribution in [2.24, 2.45) is 0 Å². The molecule has 1 N–H and O–H groups in total. The standard InChI is InChI=1S/C20H24BrNO2/c1-13(2)15-8-7-9-16(14(3)4)20(15)22-19(23)12-24-18-11-6-5-10-17(18)21/h5-11,13-14H,12H2,1-4H3,(H,22,23). The third-order valence-corrected chi connectivity index (χ3v) is 4.49. The second-order valence-corrected chi connectivity index (χ2v) is 7.24. The van der Waals surface area contributed by atoms with Gasteiger partial charge in [0.05, 0.1) is 4.47 Å². The largest absolute Gasteiger partial charge is 0.483 e. The van der Waals surface area contributed by atoms with E-state index in [1.807, 2.05) is 24.3 Å². The number of halogens is 1. The van der Waals surface area contributed by atoms with Gasteiger partial charge in [0.25, 0.3) is 5.91 Å². The Morgan fingerprint density at radius 3 is 2.12 bits per heavy atom. The van der Waals surface area contributed by atoms with Crippen molar-refractivity contribution in [3.05, 3.63) is 58.1 Å². The summed E-state index contributed by atoms with van der Waals surface area (Å²) in [6.45, 7) is 8.51. The molecule has 0 heterocycles. The number of ether oxygens (including phenoxy) is 1. The van der Waals surface area contributed by atoms with Crippen molar-refractivity contribution in [3.8, 4) is 5.75 Å². The maximum absolute atomic E-state index is 12.4. The highest BCUT2D eigenvalue weighted by Crippen LogP contribution is 2.32. The normalized spacial score (nSPS) is 11.0. The van der Waals surface area contributed by atoms with Crippen LogP contribution in [0, 0.1) is 0 Å². The lowest BCUT2D eigenvalue weighted by molar-refractivity contribution is -0.118. The Morgan fingerprint density at radius 1 is 1.00 bits per heavy atom. The molecule has 0 aliphatic carbocycles. The molecule has 0 aliphatic rings. The van der Waals surface area contributed by atoms with Crippen molar-refractivity contribution in [1.29, 1.82) is 0 Å². The van der Waals surface area contributed by atoms with Crippen LogP contribution in [0.4, 0.5) is 5.69 Å². The summed E-state index contributed by atoms with van der Waals surface area (Å²) in [7, 11) is 0. The minimum absolute atomic E-state index is 0.0213. The number of hydrogen-bond donors (Lipinski definition) is 1. The zero-order valence-corrected chi connectivity index (χ0v) is 16.2. The summed E-state index contributed by atoms with van der Waals surface area (Å²) in [5.41, 5.74) is 3.22. The first kappa shape index (κ1) is 18.5. The van der Waals surface area contributed by atoms with Gasteiger partial charge in [0.1, 0.15) is 5.75 Å². The van der Waals surface area contributed by atoms with Crippen LogP contribution in [0.3, 0.4) is 0 Å². The summed E-state index contributed by atoms with van der Waals surface area (Å²) < 4.78 is 6.45. The van der Waals surface area contributed by atoms with Crippen molar-refractivity contribution in [3.63, 3.8) is 0 Å². The van der Waals surface area contributed by atoms with Crippen LogP contribution >= 0.6 is 15.9 Å². The van der Waals surface area contributed by atoms with Crippen LogP contribution in [0.5, 0.6) is 5.75 Å². The third kappa shape index (κ3) is 4.60. The molecule has 2 aromatic rings. The predicted octanol–water partition coefficient (Wildman–Crippen LogP) is 5.71. The number of amides is 1. The van der Waals surface area contributed by atoms with Crippen molar-refractivity contribution >= 4 is 27.5 Å². The van der Waals surface area contributed by atoms with Crippen LogP contribution in [0.15, 0.2) is 46.9 Å². The van der Waals surface area contributed by atoms with Crippen LogP contribution in [-0.2, 0) is 4.79 Å². The minimum Gasteiger partial charge on any atom is -0.483 e. The van der Waals surface area contributed by atoms with E-state index in [1.54, 1.807) is 0 Å². The Hall–Kier alpha value is -1.81. The molecule has 3 nitrogen and oxygen atoms in total. The number of carbonyl (C=O) groups excluding carboxylic acids is 1. The first-order chi connectivity index (χ1) is 11.4. The van der Waals surface area contributed by atoms with Crippen LogP contribution in [-0.4, -0.2) is 12.5 Å². The average molecular weight is 390 g/mol. The Bertz CT molecular complexity index is 684. The zero-order valence-electron chi connectivity index (χ0n) is 14.6. The zero-order chi connectivity index (χ0) is 17.7. The van der Waals surface area contributed by atoms with E-state index in [2.05, 4.69) is 67.1 Å². The SMILES string of the molecule is CC(C)c1cccc(C(C)C)c1NC(=O)COc1ccccc1Br. The van der Waals surface area contributed by atoms with E-state index in [0.717, 1.165) is 21.3 Å². The molecular formula is C20H24BrNO2. The van der Waals surface area contributed by atoms with Gasteiger partial charge in [-0.2, -0.15) is 0 Å². The average Bonchev–Trinajstić information content (AvgIpc) is 2.53. The van der Waals surface area contributed by atoms with Gasteiger partial charge < -0.3 is 10.1 Å². The van der Waals surface area contributed by atoms with Gasteiger partial charge in [-0.3, -0.25) is 4.79 Å². The third-order valence-electron chi connectivity index (χ3n) is 3.83. The molecule has 128 valence electrons. The Morgan fingerprint density at radius 2 is 1.58 bits per heavy atom. The molecule has 1 amide bonds.